The minimum absolute atomic E-state index is 0.0533. The van der Waals surface area contributed by atoms with E-state index < -0.39 is 24.1 Å². The minimum atomic E-state index is -0.883. The van der Waals surface area contributed by atoms with Crippen molar-refractivity contribution in [1.82, 2.24) is 14.9 Å². The predicted octanol–water partition coefficient (Wildman–Crippen LogP) is 1.86. The molecule has 11 heteroatoms. The molecule has 1 fully saturated rings. The van der Waals surface area contributed by atoms with Gasteiger partial charge in [-0.15, -0.1) is 0 Å². The van der Waals surface area contributed by atoms with E-state index in [0.717, 1.165) is 5.56 Å². The van der Waals surface area contributed by atoms with Gasteiger partial charge >= 0.3 is 5.69 Å². The van der Waals surface area contributed by atoms with Gasteiger partial charge in [-0.25, -0.2) is 4.79 Å². The van der Waals surface area contributed by atoms with Crippen molar-refractivity contribution in [3.8, 4) is 17.2 Å². The van der Waals surface area contributed by atoms with Crippen LogP contribution >= 0.6 is 0 Å². The van der Waals surface area contributed by atoms with E-state index in [0.29, 0.717) is 42.3 Å². The Morgan fingerprint density at radius 1 is 1.19 bits per heavy atom. The second kappa shape index (κ2) is 11.0. The summed E-state index contributed by atoms with van der Waals surface area (Å²) in [5.41, 5.74) is 1.04. The lowest BCUT2D eigenvalue weighted by Gasteiger charge is -2.24. The van der Waals surface area contributed by atoms with Gasteiger partial charge in [-0.05, 0) is 24.1 Å². The standard InChI is InChI=1S/C26H28N4O7/c31-15-21-17(32)13-23(37-21)30-14-20-25(29-26(30)34)28-24-18(7-4-8-19(24)36-20)35-12-11-27-22(33)10-9-16-5-2-1-3-6-16/h1-8,14,17,21,23,31-32H,9-13,15H2,(H,27,33)(H,28,29,34)/t17-,21+,23+/m0/s1. The zero-order valence-corrected chi connectivity index (χ0v) is 20.0. The number of nitrogens with one attached hydrogen (secondary N) is 2. The van der Waals surface area contributed by atoms with Gasteiger partial charge in [0.1, 0.15) is 30.4 Å². The summed E-state index contributed by atoms with van der Waals surface area (Å²) in [7, 11) is 0. The number of anilines is 2. The van der Waals surface area contributed by atoms with Gasteiger partial charge in [-0.1, -0.05) is 36.4 Å². The Morgan fingerprint density at radius 2 is 2.03 bits per heavy atom. The van der Waals surface area contributed by atoms with Gasteiger partial charge < -0.3 is 35.1 Å². The Kier molecular flexibility index (Phi) is 7.35. The molecule has 2 aliphatic heterocycles. The van der Waals surface area contributed by atoms with Crippen LogP contribution in [-0.2, 0) is 16.0 Å². The van der Waals surface area contributed by atoms with Gasteiger partial charge in [0.25, 0.3) is 0 Å². The molecule has 3 heterocycles. The van der Waals surface area contributed by atoms with Crippen LogP contribution < -0.4 is 25.8 Å². The number of hydrogen-bond donors (Lipinski definition) is 4. The van der Waals surface area contributed by atoms with Crippen molar-refractivity contribution in [1.29, 1.82) is 0 Å². The highest BCUT2D eigenvalue weighted by molar-refractivity contribution is 5.78. The van der Waals surface area contributed by atoms with Crippen molar-refractivity contribution in [2.45, 2.75) is 37.7 Å². The lowest BCUT2D eigenvalue weighted by molar-refractivity contribution is -0.121. The Morgan fingerprint density at radius 3 is 2.81 bits per heavy atom. The summed E-state index contributed by atoms with van der Waals surface area (Å²) in [5, 5.41) is 25.3. The molecule has 37 heavy (non-hydrogen) atoms. The minimum Gasteiger partial charge on any atom is -0.489 e. The first-order valence-electron chi connectivity index (χ1n) is 12.1. The molecule has 3 atom stereocenters. The number of para-hydroxylation sites is 1. The van der Waals surface area contributed by atoms with Gasteiger partial charge in [0.05, 0.1) is 25.5 Å². The molecular formula is C26H28N4O7. The zero-order valence-electron chi connectivity index (χ0n) is 20.0. The lowest BCUT2D eigenvalue weighted by atomic mass is 10.1. The largest absolute Gasteiger partial charge is 0.489 e. The van der Waals surface area contributed by atoms with E-state index in [1.165, 1.54) is 10.8 Å². The fourth-order valence-corrected chi connectivity index (χ4v) is 4.29. The zero-order chi connectivity index (χ0) is 25.8. The number of amides is 1. The number of hydrogen-bond acceptors (Lipinski definition) is 9. The highest BCUT2D eigenvalue weighted by Gasteiger charge is 2.36. The highest BCUT2D eigenvalue weighted by atomic mass is 16.5. The van der Waals surface area contributed by atoms with E-state index in [1.807, 2.05) is 30.3 Å². The highest BCUT2D eigenvalue weighted by Crippen LogP contribution is 2.45. The summed E-state index contributed by atoms with van der Waals surface area (Å²) in [4.78, 5) is 28.9. The molecule has 0 radical (unpaired) electrons. The fourth-order valence-electron chi connectivity index (χ4n) is 4.29. The molecule has 3 aromatic rings. The number of aryl methyl sites for hydroxylation is 1. The quantitative estimate of drug-likeness (QED) is 0.249. The molecular weight excluding hydrogens is 480 g/mol. The van der Waals surface area contributed by atoms with E-state index in [9.17, 15) is 19.8 Å². The summed E-state index contributed by atoms with van der Waals surface area (Å²) in [5.74, 6) is 1.43. The first-order chi connectivity index (χ1) is 18.0. The number of aliphatic hydroxyl groups excluding tert-OH is 2. The maximum atomic E-state index is 12.7. The second-order valence-corrected chi connectivity index (χ2v) is 8.80. The second-order valence-electron chi connectivity index (χ2n) is 8.80. The summed E-state index contributed by atoms with van der Waals surface area (Å²) >= 11 is 0. The number of nitrogens with zero attached hydrogens (tertiary/aromatic N) is 2. The molecule has 0 bridgehead atoms. The Hall–Kier alpha value is -3.93. The van der Waals surface area contributed by atoms with Crippen LogP contribution in [0.15, 0.2) is 59.5 Å². The van der Waals surface area contributed by atoms with E-state index in [-0.39, 0.29) is 31.4 Å². The number of carbonyl (C=O) groups is 1. The summed E-state index contributed by atoms with van der Waals surface area (Å²) in [6.07, 6.45) is 0.273. The summed E-state index contributed by atoms with van der Waals surface area (Å²) < 4.78 is 18.7. The normalized spacial score (nSPS) is 19.8. The fraction of sp³-hybridized carbons (Fsp3) is 0.346. The number of aromatic nitrogens is 2. The smallest absolute Gasteiger partial charge is 0.351 e. The van der Waals surface area contributed by atoms with Crippen molar-refractivity contribution in [3.05, 3.63) is 70.8 Å². The molecule has 1 saturated heterocycles. The van der Waals surface area contributed by atoms with Crippen LogP contribution in [0, 0.1) is 0 Å². The molecule has 2 aromatic carbocycles. The number of rotatable bonds is 9. The van der Waals surface area contributed by atoms with Crippen molar-refractivity contribution >= 4 is 17.4 Å². The van der Waals surface area contributed by atoms with E-state index in [1.54, 1.807) is 18.2 Å². The Balaban J connectivity index is 1.18. The van der Waals surface area contributed by atoms with Crippen molar-refractivity contribution in [3.63, 3.8) is 0 Å². The molecule has 4 N–H and O–H groups in total. The monoisotopic (exact) mass is 508 g/mol. The van der Waals surface area contributed by atoms with Gasteiger partial charge in [0, 0.05) is 12.8 Å². The Bertz CT molecular complexity index is 1310. The molecule has 11 nitrogen and oxygen atoms in total. The van der Waals surface area contributed by atoms with E-state index in [2.05, 4.69) is 15.6 Å². The molecule has 1 aromatic heterocycles. The van der Waals surface area contributed by atoms with Crippen LogP contribution in [0.5, 0.6) is 17.2 Å². The number of fused-ring (bicyclic) bond motifs is 2. The van der Waals surface area contributed by atoms with Crippen molar-refractivity contribution in [2.24, 2.45) is 0 Å². The number of ether oxygens (including phenoxy) is 3. The van der Waals surface area contributed by atoms with Crippen LogP contribution in [-0.4, -0.2) is 57.6 Å². The van der Waals surface area contributed by atoms with Gasteiger partial charge in [0.2, 0.25) is 5.91 Å². The molecule has 0 unspecified atom stereocenters. The average Bonchev–Trinajstić information content (AvgIpc) is 3.29. The molecule has 194 valence electrons. The molecule has 0 spiro atoms. The third-order valence-electron chi connectivity index (χ3n) is 6.23. The average molecular weight is 509 g/mol. The van der Waals surface area contributed by atoms with Crippen molar-refractivity contribution in [2.75, 3.05) is 25.1 Å². The Labute approximate surface area is 212 Å². The summed E-state index contributed by atoms with van der Waals surface area (Å²) in [6.45, 7) is 0.223. The SMILES string of the molecule is O=C(CCc1ccccc1)NCCOc1cccc2c1Nc1nc(=O)n([C@H]3C[C@H](O)[C@@H](CO)O3)cc1O2. The lowest BCUT2D eigenvalue weighted by Crippen LogP contribution is -2.29. The van der Waals surface area contributed by atoms with Crippen LogP contribution in [0.25, 0.3) is 0 Å². The summed E-state index contributed by atoms with van der Waals surface area (Å²) in [6, 6.07) is 15.1. The van der Waals surface area contributed by atoms with E-state index >= 15 is 0 Å². The number of benzene rings is 2. The molecule has 2 aliphatic rings. The van der Waals surface area contributed by atoms with E-state index in [4.69, 9.17) is 14.2 Å². The topological polar surface area (TPSA) is 144 Å². The molecule has 1 amide bonds. The van der Waals surface area contributed by atoms with Gasteiger partial charge in [-0.3, -0.25) is 9.36 Å². The maximum Gasteiger partial charge on any atom is 0.351 e. The third-order valence-corrected chi connectivity index (χ3v) is 6.23. The van der Waals surface area contributed by atoms with Gasteiger partial charge in [-0.2, -0.15) is 4.98 Å². The van der Waals surface area contributed by atoms with Crippen LogP contribution in [0.1, 0.15) is 24.6 Å². The van der Waals surface area contributed by atoms with Gasteiger partial charge in [0.15, 0.2) is 17.3 Å². The van der Waals surface area contributed by atoms with Crippen LogP contribution in [0.4, 0.5) is 11.5 Å². The molecule has 0 saturated carbocycles. The van der Waals surface area contributed by atoms with Crippen LogP contribution in [0.2, 0.25) is 0 Å². The predicted molar refractivity (Wildman–Crippen MR) is 133 cm³/mol. The first kappa shape index (κ1) is 24.8. The molecule has 5 rings (SSSR count). The third kappa shape index (κ3) is 5.58. The number of carbonyl (C=O) groups excluding carboxylic acids is 1. The maximum absolute atomic E-state index is 12.7. The van der Waals surface area contributed by atoms with Crippen LogP contribution in [0.3, 0.4) is 0 Å². The first-order valence-corrected chi connectivity index (χ1v) is 12.1. The van der Waals surface area contributed by atoms with Crippen molar-refractivity contribution < 1.29 is 29.2 Å². The molecule has 0 aliphatic carbocycles. The number of aliphatic hydroxyl groups is 2.